The van der Waals surface area contributed by atoms with Gasteiger partial charge in [-0.1, -0.05) is 12.1 Å². The van der Waals surface area contributed by atoms with Crippen LogP contribution in [-0.4, -0.2) is 69.9 Å². The maximum Gasteiger partial charge on any atom is 0.255 e. The van der Waals surface area contributed by atoms with Gasteiger partial charge in [-0.2, -0.15) is 0 Å². The lowest BCUT2D eigenvalue weighted by atomic mass is 10.0. The van der Waals surface area contributed by atoms with E-state index >= 15 is 0 Å². The fourth-order valence-corrected chi connectivity index (χ4v) is 5.38. The number of carbonyl (C=O) groups excluding carboxylic acids is 3. The minimum Gasteiger partial charge on any atom is -0.395 e. The lowest BCUT2D eigenvalue weighted by molar-refractivity contribution is -0.136. The van der Waals surface area contributed by atoms with Gasteiger partial charge in [-0.3, -0.25) is 24.6 Å². The summed E-state index contributed by atoms with van der Waals surface area (Å²) >= 11 is 0. The van der Waals surface area contributed by atoms with Crippen LogP contribution < -0.4 is 10.6 Å². The van der Waals surface area contributed by atoms with Gasteiger partial charge >= 0.3 is 0 Å². The normalized spacial score (nSPS) is 31.9. The molecule has 3 N–H and O–H groups in total. The van der Waals surface area contributed by atoms with Gasteiger partial charge in [0.05, 0.1) is 6.61 Å². The van der Waals surface area contributed by atoms with E-state index < -0.39 is 6.04 Å². The molecular weight excluding hydrogens is 372 g/mol. The predicted molar refractivity (Wildman–Crippen MR) is 104 cm³/mol. The number of carbonyl (C=O) groups is 3. The van der Waals surface area contributed by atoms with E-state index in [0.29, 0.717) is 30.6 Å². The van der Waals surface area contributed by atoms with Crippen LogP contribution in [-0.2, 0) is 22.7 Å². The summed E-state index contributed by atoms with van der Waals surface area (Å²) in [5.74, 6) is -0.785. The van der Waals surface area contributed by atoms with Crippen LogP contribution in [0.4, 0.5) is 0 Å². The molecule has 1 unspecified atom stereocenters. The number of nitrogens with zero attached hydrogens (tertiary/aromatic N) is 2. The van der Waals surface area contributed by atoms with Crippen molar-refractivity contribution in [1.82, 2.24) is 20.4 Å². The van der Waals surface area contributed by atoms with Gasteiger partial charge in [0.2, 0.25) is 11.8 Å². The number of imide groups is 1. The lowest BCUT2D eigenvalue weighted by Crippen LogP contribution is -2.58. The summed E-state index contributed by atoms with van der Waals surface area (Å²) in [4.78, 5) is 40.7. The van der Waals surface area contributed by atoms with Gasteiger partial charge in [-0.05, 0) is 36.5 Å². The molecule has 5 rings (SSSR count). The molecule has 2 bridgehead atoms. The molecule has 3 amide bonds. The number of fused-ring (bicyclic) bond motifs is 3. The Kier molecular flexibility index (Phi) is 4.64. The average molecular weight is 398 g/mol. The van der Waals surface area contributed by atoms with Crippen molar-refractivity contribution in [2.45, 2.75) is 62.9 Å². The number of aliphatic hydroxyl groups excluding tert-OH is 1. The summed E-state index contributed by atoms with van der Waals surface area (Å²) in [5.41, 5.74) is 2.67. The molecule has 4 heterocycles. The van der Waals surface area contributed by atoms with Gasteiger partial charge in [-0.25, -0.2) is 0 Å². The Bertz CT molecular complexity index is 872. The molecule has 3 saturated heterocycles. The van der Waals surface area contributed by atoms with E-state index in [1.807, 2.05) is 12.1 Å². The molecule has 4 atom stereocenters. The van der Waals surface area contributed by atoms with E-state index in [0.717, 1.165) is 37.1 Å². The first kappa shape index (κ1) is 18.7. The SMILES string of the molecule is O=C1CCC(N2Cc3ccc(CN4[C@H]5CC[C@@H]4[C@@H](CO)NC5)cc3C2=O)C(=O)N1. The predicted octanol–water partition coefficient (Wildman–Crippen LogP) is -0.255. The molecule has 1 aromatic rings. The number of piperidine rings is 1. The van der Waals surface area contributed by atoms with E-state index in [9.17, 15) is 19.5 Å². The zero-order valence-electron chi connectivity index (χ0n) is 16.3. The average Bonchev–Trinajstić information content (AvgIpc) is 3.16. The van der Waals surface area contributed by atoms with Gasteiger partial charge in [-0.15, -0.1) is 0 Å². The van der Waals surface area contributed by atoms with Crippen molar-refractivity contribution in [3.8, 4) is 0 Å². The highest BCUT2D eigenvalue weighted by molar-refractivity contribution is 6.05. The number of hydrogen-bond acceptors (Lipinski definition) is 6. The van der Waals surface area contributed by atoms with E-state index in [4.69, 9.17) is 0 Å². The first-order chi connectivity index (χ1) is 14.0. The van der Waals surface area contributed by atoms with Crippen LogP contribution in [0.25, 0.3) is 0 Å². The van der Waals surface area contributed by atoms with Crippen LogP contribution in [0.3, 0.4) is 0 Å². The zero-order chi connectivity index (χ0) is 20.1. The Morgan fingerprint density at radius 3 is 2.79 bits per heavy atom. The highest BCUT2D eigenvalue weighted by atomic mass is 16.3. The molecular formula is C21H26N4O4. The molecule has 8 nitrogen and oxygen atoms in total. The van der Waals surface area contributed by atoms with Crippen molar-refractivity contribution >= 4 is 17.7 Å². The summed E-state index contributed by atoms with van der Waals surface area (Å²) in [6.07, 6.45) is 2.85. The largest absolute Gasteiger partial charge is 0.395 e. The van der Waals surface area contributed by atoms with E-state index in [1.165, 1.54) is 0 Å². The van der Waals surface area contributed by atoms with Crippen LogP contribution in [0.15, 0.2) is 18.2 Å². The monoisotopic (exact) mass is 398 g/mol. The number of benzene rings is 1. The number of nitrogens with one attached hydrogen (secondary N) is 2. The molecule has 154 valence electrons. The summed E-state index contributed by atoms with van der Waals surface area (Å²) in [7, 11) is 0. The van der Waals surface area contributed by atoms with Gasteiger partial charge in [0.15, 0.2) is 0 Å². The maximum atomic E-state index is 13.0. The third kappa shape index (κ3) is 3.15. The molecule has 1 aromatic carbocycles. The van der Waals surface area contributed by atoms with Crippen LogP contribution >= 0.6 is 0 Å². The Morgan fingerprint density at radius 1 is 1.14 bits per heavy atom. The molecule has 0 radical (unpaired) electrons. The minimum absolute atomic E-state index is 0.104. The van der Waals surface area contributed by atoms with Crippen molar-refractivity contribution < 1.29 is 19.5 Å². The van der Waals surface area contributed by atoms with Crippen LogP contribution in [0.1, 0.15) is 47.2 Å². The molecule has 4 aliphatic heterocycles. The second-order valence-electron chi connectivity index (χ2n) is 8.56. The fourth-order valence-electron chi connectivity index (χ4n) is 5.38. The summed E-state index contributed by atoms with van der Waals surface area (Å²) in [6.45, 7) is 2.19. The first-order valence-corrected chi connectivity index (χ1v) is 10.4. The summed E-state index contributed by atoms with van der Waals surface area (Å²) in [5, 5.41) is 15.4. The third-order valence-corrected chi connectivity index (χ3v) is 6.93. The Balaban J connectivity index is 1.33. The van der Waals surface area contributed by atoms with Crippen molar-refractivity contribution in [3.63, 3.8) is 0 Å². The van der Waals surface area contributed by atoms with E-state index in [1.54, 1.807) is 4.90 Å². The summed E-state index contributed by atoms with van der Waals surface area (Å²) in [6, 6.07) is 6.32. The van der Waals surface area contributed by atoms with Gasteiger partial charge in [0, 0.05) is 49.7 Å². The summed E-state index contributed by atoms with van der Waals surface area (Å²) < 4.78 is 0. The van der Waals surface area contributed by atoms with E-state index in [-0.39, 0.29) is 36.8 Å². The number of rotatable bonds is 4. The molecule has 0 aliphatic carbocycles. The van der Waals surface area contributed by atoms with Crippen molar-refractivity contribution in [1.29, 1.82) is 0 Å². The minimum atomic E-state index is -0.578. The molecule has 3 fully saturated rings. The second-order valence-corrected chi connectivity index (χ2v) is 8.56. The standard InChI is InChI=1S/C21H26N4O4/c26-11-16-17-4-3-14(8-22-16)24(17)9-12-1-2-13-10-25(21(29)15(13)7-12)18-5-6-19(27)23-20(18)28/h1-2,7,14,16-18,22,26H,3-6,8-11H2,(H,23,27,28)/t14-,16+,17+,18?/m0/s1. The highest BCUT2D eigenvalue weighted by Gasteiger charge is 2.42. The smallest absolute Gasteiger partial charge is 0.255 e. The Morgan fingerprint density at radius 2 is 2.00 bits per heavy atom. The van der Waals surface area contributed by atoms with Crippen molar-refractivity contribution in [2.24, 2.45) is 0 Å². The molecule has 29 heavy (non-hydrogen) atoms. The Hall–Kier alpha value is -2.29. The van der Waals surface area contributed by atoms with Crippen LogP contribution in [0.2, 0.25) is 0 Å². The lowest BCUT2D eigenvalue weighted by Gasteiger charge is -2.40. The molecule has 0 spiro atoms. The molecule has 0 saturated carbocycles. The topological polar surface area (TPSA) is 102 Å². The fraction of sp³-hybridized carbons (Fsp3) is 0.571. The second kappa shape index (κ2) is 7.19. The molecule has 4 aliphatic rings. The first-order valence-electron chi connectivity index (χ1n) is 10.4. The number of hydrogen-bond donors (Lipinski definition) is 3. The third-order valence-electron chi connectivity index (χ3n) is 6.93. The maximum absolute atomic E-state index is 13.0. The van der Waals surface area contributed by atoms with Gasteiger partial charge in [0.25, 0.3) is 5.91 Å². The Labute approximate surface area is 169 Å². The van der Waals surface area contributed by atoms with Crippen molar-refractivity contribution in [3.05, 3.63) is 34.9 Å². The number of piperazine rings is 1. The van der Waals surface area contributed by atoms with Gasteiger partial charge < -0.3 is 15.3 Å². The van der Waals surface area contributed by atoms with Crippen molar-refractivity contribution in [2.75, 3.05) is 13.2 Å². The molecule has 0 aromatic heterocycles. The van der Waals surface area contributed by atoms with Gasteiger partial charge in [0.1, 0.15) is 6.04 Å². The number of amides is 3. The van der Waals surface area contributed by atoms with Crippen LogP contribution in [0.5, 0.6) is 0 Å². The number of aliphatic hydroxyl groups is 1. The zero-order valence-corrected chi connectivity index (χ0v) is 16.3. The van der Waals surface area contributed by atoms with E-state index in [2.05, 4.69) is 21.6 Å². The van der Waals surface area contributed by atoms with Crippen LogP contribution in [0, 0.1) is 0 Å². The highest BCUT2D eigenvalue weighted by Crippen LogP contribution is 2.33. The quantitative estimate of drug-likeness (QED) is 0.605. The molecule has 8 heteroatoms.